The standard InChI is InChI=1S/C20H25FN4O/c21-17-6-4-5-16(9-17)10-20(26)24-13-18-11-22-15-25(18)19(14-24)12-23-7-2-1-3-8-23/h4-6,9,11,15,19H,1-3,7-8,10,12-14H2. The molecule has 0 bridgehead atoms. The molecule has 0 radical (unpaired) electrons. The van der Waals surface area contributed by atoms with Crippen molar-refractivity contribution in [2.45, 2.75) is 38.3 Å². The number of amides is 1. The Morgan fingerprint density at radius 1 is 1.23 bits per heavy atom. The van der Waals surface area contributed by atoms with Gasteiger partial charge in [0.05, 0.1) is 31.0 Å². The molecular weight excluding hydrogens is 331 g/mol. The van der Waals surface area contributed by atoms with Crippen LogP contribution in [0.25, 0.3) is 0 Å². The van der Waals surface area contributed by atoms with Gasteiger partial charge in [-0.3, -0.25) is 4.79 Å². The van der Waals surface area contributed by atoms with Crippen LogP contribution < -0.4 is 0 Å². The molecule has 4 rings (SSSR count). The second kappa shape index (κ2) is 7.58. The number of imidazole rings is 1. The number of hydrogen-bond donors (Lipinski definition) is 0. The van der Waals surface area contributed by atoms with Gasteiger partial charge in [-0.15, -0.1) is 0 Å². The van der Waals surface area contributed by atoms with Crippen LogP contribution in [0.5, 0.6) is 0 Å². The number of carbonyl (C=O) groups is 1. The minimum absolute atomic E-state index is 0.0479. The Morgan fingerprint density at radius 2 is 2.08 bits per heavy atom. The fourth-order valence-corrected chi connectivity index (χ4v) is 4.09. The first-order valence-corrected chi connectivity index (χ1v) is 9.44. The highest BCUT2D eigenvalue weighted by atomic mass is 19.1. The van der Waals surface area contributed by atoms with Gasteiger partial charge in [0.1, 0.15) is 5.82 Å². The van der Waals surface area contributed by atoms with E-state index >= 15 is 0 Å². The first-order valence-electron chi connectivity index (χ1n) is 9.44. The van der Waals surface area contributed by atoms with E-state index in [1.165, 1.54) is 31.4 Å². The minimum atomic E-state index is -0.296. The highest BCUT2D eigenvalue weighted by molar-refractivity contribution is 5.79. The number of carbonyl (C=O) groups excluding carboxylic acids is 1. The maximum Gasteiger partial charge on any atom is 0.227 e. The lowest BCUT2D eigenvalue weighted by atomic mass is 10.1. The lowest BCUT2D eigenvalue weighted by Crippen LogP contribution is -2.46. The average Bonchev–Trinajstić information content (AvgIpc) is 3.11. The minimum Gasteiger partial charge on any atom is -0.334 e. The molecule has 3 heterocycles. The molecule has 0 saturated carbocycles. The molecule has 1 unspecified atom stereocenters. The summed E-state index contributed by atoms with van der Waals surface area (Å²) in [5.74, 6) is -0.248. The molecule has 1 atom stereocenters. The summed E-state index contributed by atoms with van der Waals surface area (Å²) in [7, 11) is 0. The van der Waals surface area contributed by atoms with Crippen LogP contribution in [-0.2, 0) is 17.8 Å². The van der Waals surface area contributed by atoms with E-state index in [1.54, 1.807) is 12.1 Å². The van der Waals surface area contributed by atoms with E-state index in [1.807, 2.05) is 17.4 Å². The van der Waals surface area contributed by atoms with Crippen molar-refractivity contribution in [2.75, 3.05) is 26.2 Å². The highest BCUT2D eigenvalue weighted by Crippen LogP contribution is 2.24. The number of aromatic nitrogens is 2. The van der Waals surface area contributed by atoms with Gasteiger partial charge in [0.2, 0.25) is 5.91 Å². The molecule has 0 spiro atoms. The Hall–Kier alpha value is -2.21. The van der Waals surface area contributed by atoms with Crippen LogP contribution in [0.2, 0.25) is 0 Å². The van der Waals surface area contributed by atoms with Gasteiger partial charge in [0, 0.05) is 19.3 Å². The lowest BCUT2D eigenvalue weighted by molar-refractivity contribution is -0.132. The van der Waals surface area contributed by atoms with Crippen LogP contribution in [0, 0.1) is 5.82 Å². The normalized spacial score (nSPS) is 20.8. The van der Waals surface area contributed by atoms with Crippen molar-refractivity contribution in [3.8, 4) is 0 Å². The third kappa shape index (κ3) is 3.80. The van der Waals surface area contributed by atoms with Gasteiger partial charge >= 0.3 is 0 Å². The quantitative estimate of drug-likeness (QED) is 0.846. The second-order valence-electron chi connectivity index (χ2n) is 7.39. The Bertz CT molecular complexity index is 769. The first kappa shape index (κ1) is 17.2. The van der Waals surface area contributed by atoms with Crippen LogP contribution >= 0.6 is 0 Å². The maximum atomic E-state index is 13.4. The fraction of sp³-hybridized carbons (Fsp3) is 0.500. The fourth-order valence-electron chi connectivity index (χ4n) is 4.09. The van der Waals surface area contributed by atoms with Crippen molar-refractivity contribution in [2.24, 2.45) is 0 Å². The molecule has 2 aromatic rings. The van der Waals surface area contributed by atoms with E-state index < -0.39 is 0 Å². The largest absolute Gasteiger partial charge is 0.334 e. The van der Waals surface area contributed by atoms with Crippen molar-refractivity contribution in [1.82, 2.24) is 19.4 Å². The third-order valence-corrected chi connectivity index (χ3v) is 5.44. The van der Waals surface area contributed by atoms with Crippen LogP contribution in [-0.4, -0.2) is 51.4 Å². The predicted octanol–water partition coefficient (Wildman–Crippen LogP) is 2.63. The molecule has 2 aliphatic heterocycles. The van der Waals surface area contributed by atoms with Crippen LogP contribution in [0.4, 0.5) is 4.39 Å². The van der Waals surface area contributed by atoms with Gasteiger partial charge in [-0.25, -0.2) is 9.37 Å². The predicted molar refractivity (Wildman–Crippen MR) is 97.1 cm³/mol. The van der Waals surface area contributed by atoms with Gasteiger partial charge in [-0.2, -0.15) is 0 Å². The smallest absolute Gasteiger partial charge is 0.227 e. The molecule has 6 heteroatoms. The van der Waals surface area contributed by atoms with Crippen LogP contribution in [0.3, 0.4) is 0 Å². The molecule has 0 aliphatic carbocycles. The van der Waals surface area contributed by atoms with Crippen LogP contribution in [0.1, 0.15) is 36.6 Å². The number of fused-ring (bicyclic) bond motifs is 1. The number of benzene rings is 1. The molecule has 2 aliphatic rings. The average molecular weight is 356 g/mol. The number of likely N-dealkylation sites (tertiary alicyclic amines) is 1. The second-order valence-corrected chi connectivity index (χ2v) is 7.39. The zero-order valence-corrected chi connectivity index (χ0v) is 15.0. The molecule has 26 heavy (non-hydrogen) atoms. The van der Waals surface area contributed by atoms with E-state index in [-0.39, 0.29) is 24.2 Å². The summed E-state index contributed by atoms with van der Waals surface area (Å²) in [6, 6.07) is 6.54. The number of piperidine rings is 1. The third-order valence-electron chi connectivity index (χ3n) is 5.44. The van der Waals surface area contributed by atoms with E-state index in [2.05, 4.69) is 14.5 Å². The number of hydrogen-bond acceptors (Lipinski definition) is 3. The zero-order chi connectivity index (χ0) is 17.9. The first-order chi connectivity index (χ1) is 12.7. The molecule has 1 fully saturated rings. The molecule has 1 saturated heterocycles. The Balaban J connectivity index is 1.46. The Morgan fingerprint density at radius 3 is 2.88 bits per heavy atom. The summed E-state index contributed by atoms with van der Waals surface area (Å²) in [4.78, 5) is 21.5. The van der Waals surface area contributed by atoms with Gasteiger partial charge in [0.25, 0.3) is 0 Å². The van der Waals surface area contributed by atoms with Crippen molar-refractivity contribution in [3.63, 3.8) is 0 Å². The number of rotatable bonds is 4. The van der Waals surface area contributed by atoms with Gasteiger partial charge in [-0.05, 0) is 43.6 Å². The van der Waals surface area contributed by atoms with E-state index in [9.17, 15) is 9.18 Å². The maximum absolute atomic E-state index is 13.4. The summed E-state index contributed by atoms with van der Waals surface area (Å²) in [5, 5.41) is 0. The Kier molecular flexibility index (Phi) is 5.02. The highest BCUT2D eigenvalue weighted by Gasteiger charge is 2.29. The number of nitrogens with zero attached hydrogens (tertiary/aromatic N) is 4. The van der Waals surface area contributed by atoms with Gasteiger partial charge in [-0.1, -0.05) is 18.6 Å². The van der Waals surface area contributed by atoms with Crippen molar-refractivity contribution in [1.29, 1.82) is 0 Å². The summed E-state index contributed by atoms with van der Waals surface area (Å²) in [5.41, 5.74) is 1.80. The monoisotopic (exact) mass is 356 g/mol. The van der Waals surface area contributed by atoms with Crippen molar-refractivity contribution < 1.29 is 9.18 Å². The van der Waals surface area contributed by atoms with Crippen LogP contribution in [0.15, 0.2) is 36.8 Å². The zero-order valence-electron chi connectivity index (χ0n) is 15.0. The lowest BCUT2D eigenvalue weighted by Gasteiger charge is -2.38. The van der Waals surface area contributed by atoms with Crippen molar-refractivity contribution in [3.05, 3.63) is 53.9 Å². The molecule has 1 aromatic carbocycles. The van der Waals surface area contributed by atoms with E-state index in [0.29, 0.717) is 13.1 Å². The molecular formula is C20H25FN4O. The van der Waals surface area contributed by atoms with E-state index in [0.717, 1.165) is 30.9 Å². The molecule has 0 N–H and O–H groups in total. The topological polar surface area (TPSA) is 41.4 Å². The summed E-state index contributed by atoms with van der Waals surface area (Å²) in [6.07, 6.45) is 7.80. The SMILES string of the molecule is O=C(Cc1cccc(F)c1)N1Cc2cncn2C(CN2CCCCC2)C1. The molecule has 138 valence electrons. The summed E-state index contributed by atoms with van der Waals surface area (Å²) in [6.45, 7) is 4.49. The van der Waals surface area contributed by atoms with Gasteiger partial charge in [0.15, 0.2) is 0 Å². The van der Waals surface area contributed by atoms with Crippen molar-refractivity contribution >= 4 is 5.91 Å². The van der Waals surface area contributed by atoms with Gasteiger partial charge < -0.3 is 14.4 Å². The Labute approximate surface area is 153 Å². The molecule has 1 amide bonds. The summed E-state index contributed by atoms with van der Waals surface area (Å²) < 4.78 is 15.6. The molecule has 5 nitrogen and oxygen atoms in total. The molecule has 1 aromatic heterocycles. The summed E-state index contributed by atoms with van der Waals surface area (Å²) >= 11 is 0. The number of halogens is 1. The van der Waals surface area contributed by atoms with E-state index in [4.69, 9.17) is 0 Å².